The highest BCUT2D eigenvalue weighted by Gasteiger charge is 2.27. The molecule has 1 fully saturated rings. The van der Waals surface area contributed by atoms with Crippen LogP contribution < -0.4 is 0 Å². The Labute approximate surface area is 162 Å². The Morgan fingerprint density at radius 3 is 2.41 bits per heavy atom. The third kappa shape index (κ3) is 4.82. The number of Topliss-reactive ketones (excluding diaryl/α,β-unsaturated/α-hetero) is 1. The highest BCUT2D eigenvalue weighted by atomic mass is 32.2. The summed E-state index contributed by atoms with van der Waals surface area (Å²) in [6, 6.07) is 9.39. The molecule has 2 heterocycles. The molecule has 0 amide bonds. The summed E-state index contributed by atoms with van der Waals surface area (Å²) < 4.78 is 31.6. The number of nitrogens with zero attached hydrogens (tertiary/aromatic N) is 1. The normalized spacial score (nSPS) is 15.0. The molecule has 0 N–H and O–H groups in total. The lowest BCUT2D eigenvalue weighted by atomic mass is 10.2. The van der Waals surface area contributed by atoms with Gasteiger partial charge in [0.2, 0.25) is 10.0 Å². The van der Waals surface area contributed by atoms with Gasteiger partial charge in [0.05, 0.1) is 21.9 Å². The van der Waals surface area contributed by atoms with Gasteiger partial charge in [0.25, 0.3) is 0 Å². The van der Waals surface area contributed by atoms with E-state index in [0.717, 1.165) is 12.8 Å². The van der Waals surface area contributed by atoms with Crippen LogP contribution in [-0.4, -0.2) is 44.2 Å². The molecule has 2 aromatic rings. The molecule has 1 aromatic heterocycles. The maximum Gasteiger partial charge on any atom is 0.338 e. The summed E-state index contributed by atoms with van der Waals surface area (Å²) in [5.41, 5.74) is 0.292. The van der Waals surface area contributed by atoms with Crippen molar-refractivity contribution in [3.05, 3.63) is 52.2 Å². The second-order valence-electron chi connectivity index (χ2n) is 6.28. The number of benzene rings is 1. The molecule has 27 heavy (non-hydrogen) atoms. The number of rotatable bonds is 8. The summed E-state index contributed by atoms with van der Waals surface area (Å²) in [5, 5.41) is 1.85. The van der Waals surface area contributed by atoms with Crippen molar-refractivity contribution in [1.82, 2.24) is 4.31 Å². The van der Waals surface area contributed by atoms with E-state index in [9.17, 15) is 18.0 Å². The van der Waals surface area contributed by atoms with Gasteiger partial charge in [0.15, 0.2) is 5.78 Å². The van der Waals surface area contributed by atoms with Crippen molar-refractivity contribution in [3.8, 4) is 0 Å². The summed E-state index contributed by atoms with van der Waals surface area (Å²) in [7, 11) is -3.49. The van der Waals surface area contributed by atoms with Gasteiger partial charge in [-0.1, -0.05) is 6.07 Å². The molecule has 0 unspecified atom stereocenters. The summed E-state index contributed by atoms with van der Waals surface area (Å²) in [4.78, 5) is 24.8. The smallest absolute Gasteiger partial charge is 0.338 e. The Balaban J connectivity index is 1.49. The molecule has 3 rings (SSSR count). The Kier molecular flexibility index (Phi) is 6.41. The van der Waals surface area contributed by atoms with E-state index in [2.05, 4.69) is 0 Å². The van der Waals surface area contributed by atoms with Crippen molar-refractivity contribution in [3.63, 3.8) is 0 Å². The molecule has 0 atom stereocenters. The second-order valence-corrected chi connectivity index (χ2v) is 9.16. The zero-order valence-electron chi connectivity index (χ0n) is 14.8. The average molecular weight is 408 g/mol. The van der Waals surface area contributed by atoms with Gasteiger partial charge >= 0.3 is 5.97 Å². The van der Waals surface area contributed by atoms with E-state index >= 15 is 0 Å². The van der Waals surface area contributed by atoms with Gasteiger partial charge < -0.3 is 4.74 Å². The summed E-state index contributed by atoms with van der Waals surface area (Å²) in [5.74, 6) is -0.485. The van der Waals surface area contributed by atoms with Gasteiger partial charge in [-0.3, -0.25) is 4.79 Å². The van der Waals surface area contributed by atoms with E-state index in [4.69, 9.17) is 4.74 Å². The molecule has 144 valence electrons. The van der Waals surface area contributed by atoms with Crippen LogP contribution in [0.1, 0.15) is 45.7 Å². The van der Waals surface area contributed by atoms with E-state index < -0.39 is 16.0 Å². The SMILES string of the molecule is O=C(OCCCC(=O)c1cccs1)c1ccc(S(=O)(=O)N2CCCC2)cc1. The number of sulfonamides is 1. The fraction of sp³-hybridized carbons (Fsp3) is 0.368. The largest absolute Gasteiger partial charge is 0.462 e. The van der Waals surface area contributed by atoms with Crippen LogP contribution in [0, 0.1) is 0 Å². The second kappa shape index (κ2) is 8.77. The first-order valence-corrected chi connectivity index (χ1v) is 11.1. The van der Waals surface area contributed by atoms with Gasteiger partial charge in [-0.05, 0) is 55.0 Å². The van der Waals surface area contributed by atoms with E-state index in [0.29, 0.717) is 36.4 Å². The quantitative estimate of drug-likeness (QED) is 0.381. The summed E-state index contributed by atoms with van der Waals surface area (Å²) >= 11 is 1.39. The lowest BCUT2D eigenvalue weighted by Crippen LogP contribution is -2.27. The van der Waals surface area contributed by atoms with E-state index in [1.807, 2.05) is 11.4 Å². The predicted molar refractivity (Wildman–Crippen MR) is 103 cm³/mol. The number of hydrogen-bond donors (Lipinski definition) is 0. The first-order valence-electron chi connectivity index (χ1n) is 8.82. The molecule has 0 saturated carbocycles. The molecule has 1 aromatic carbocycles. The molecule has 1 saturated heterocycles. The third-order valence-electron chi connectivity index (χ3n) is 4.37. The number of esters is 1. The third-order valence-corrected chi connectivity index (χ3v) is 7.19. The fourth-order valence-electron chi connectivity index (χ4n) is 2.88. The van der Waals surface area contributed by atoms with Crippen LogP contribution in [0.25, 0.3) is 0 Å². The van der Waals surface area contributed by atoms with E-state index in [1.54, 1.807) is 6.07 Å². The topological polar surface area (TPSA) is 80.8 Å². The van der Waals surface area contributed by atoms with Gasteiger partial charge in [-0.25, -0.2) is 13.2 Å². The Hall–Kier alpha value is -2.03. The molecule has 1 aliphatic heterocycles. The fourth-order valence-corrected chi connectivity index (χ4v) is 5.09. The van der Waals surface area contributed by atoms with Gasteiger partial charge in [-0.2, -0.15) is 4.31 Å². The minimum Gasteiger partial charge on any atom is -0.462 e. The number of carbonyl (C=O) groups excluding carboxylic acids is 2. The average Bonchev–Trinajstić information content (AvgIpc) is 3.39. The number of carbonyl (C=O) groups is 2. The zero-order chi connectivity index (χ0) is 19.3. The summed E-state index contributed by atoms with van der Waals surface area (Å²) in [6.07, 6.45) is 2.52. The number of thiophene rings is 1. The lowest BCUT2D eigenvalue weighted by molar-refractivity contribution is 0.0494. The van der Waals surface area contributed by atoms with Crippen LogP contribution in [0.15, 0.2) is 46.7 Å². The van der Waals surface area contributed by atoms with Crippen molar-refractivity contribution >= 4 is 33.1 Å². The Morgan fingerprint density at radius 1 is 1.07 bits per heavy atom. The van der Waals surface area contributed by atoms with Crippen molar-refractivity contribution in [2.24, 2.45) is 0 Å². The molecule has 8 heteroatoms. The van der Waals surface area contributed by atoms with Gasteiger partial charge in [0, 0.05) is 19.5 Å². The predicted octanol–water partition coefficient (Wildman–Crippen LogP) is 3.35. The molecule has 6 nitrogen and oxygen atoms in total. The van der Waals surface area contributed by atoms with Crippen molar-refractivity contribution < 1.29 is 22.7 Å². The van der Waals surface area contributed by atoms with E-state index in [1.165, 1.54) is 39.9 Å². The molecule has 0 radical (unpaired) electrons. The lowest BCUT2D eigenvalue weighted by Gasteiger charge is -2.15. The standard InChI is InChI=1S/C19H21NO5S2/c21-17(18-6-4-14-26-18)5-3-13-25-19(22)15-7-9-16(10-8-15)27(23,24)20-11-1-2-12-20/h4,6-10,14H,1-3,5,11-13H2. The van der Waals surface area contributed by atoms with Crippen molar-refractivity contribution in [2.45, 2.75) is 30.6 Å². The zero-order valence-corrected chi connectivity index (χ0v) is 16.4. The van der Waals surface area contributed by atoms with Crippen LogP contribution in [0.2, 0.25) is 0 Å². The first-order chi connectivity index (χ1) is 13.0. The van der Waals surface area contributed by atoms with Crippen LogP contribution in [0.5, 0.6) is 0 Å². The highest BCUT2D eigenvalue weighted by molar-refractivity contribution is 7.89. The molecular formula is C19H21NO5S2. The highest BCUT2D eigenvalue weighted by Crippen LogP contribution is 2.21. The first kappa shape index (κ1) is 19.7. The molecule has 0 spiro atoms. The maximum atomic E-state index is 12.5. The van der Waals surface area contributed by atoms with Crippen molar-refractivity contribution in [2.75, 3.05) is 19.7 Å². The van der Waals surface area contributed by atoms with Gasteiger partial charge in [0.1, 0.15) is 0 Å². The minimum atomic E-state index is -3.49. The van der Waals surface area contributed by atoms with Crippen LogP contribution in [0.4, 0.5) is 0 Å². The molecular weight excluding hydrogens is 386 g/mol. The number of ketones is 1. The minimum absolute atomic E-state index is 0.0394. The van der Waals surface area contributed by atoms with Crippen molar-refractivity contribution in [1.29, 1.82) is 0 Å². The molecule has 0 aliphatic carbocycles. The Morgan fingerprint density at radius 2 is 1.78 bits per heavy atom. The molecule has 0 bridgehead atoms. The number of hydrogen-bond acceptors (Lipinski definition) is 6. The van der Waals surface area contributed by atoms with Crippen LogP contribution in [-0.2, 0) is 14.8 Å². The Bertz CT molecular complexity index is 883. The monoisotopic (exact) mass is 407 g/mol. The molecule has 1 aliphatic rings. The van der Waals surface area contributed by atoms with E-state index in [-0.39, 0.29) is 17.3 Å². The van der Waals surface area contributed by atoms with Gasteiger partial charge in [-0.15, -0.1) is 11.3 Å². The maximum absolute atomic E-state index is 12.5. The van der Waals surface area contributed by atoms with Crippen LogP contribution >= 0.6 is 11.3 Å². The number of ether oxygens (including phenoxy) is 1. The van der Waals surface area contributed by atoms with Crippen LogP contribution in [0.3, 0.4) is 0 Å². The summed E-state index contributed by atoms with van der Waals surface area (Å²) in [6.45, 7) is 1.22.